The van der Waals surface area contributed by atoms with Crippen LogP contribution in [0.3, 0.4) is 0 Å². The van der Waals surface area contributed by atoms with Gasteiger partial charge in [0.1, 0.15) is 6.04 Å². The molecule has 0 aromatic heterocycles. The monoisotopic (exact) mass is 543 g/mol. The maximum Gasteiger partial charge on any atom is 0.416 e. The summed E-state index contributed by atoms with van der Waals surface area (Å²) in [7, 11) is 3.78. The van der Waals surface area contributed by atoms with Crippen LogP contribution >= 0.6 is 0 Å². The summed E-state index contributed by atoms with van der Waals surface area (Å²) in [5.74, 6) is -0.751. The molecule has 0 fully saturated rings. The number of carbonyl (C=O) groups is 3. The third-order valence-corrected chi connectivity index (χ3v) is 6.95. The fourth-order valence-corrected chi connectivity index (χ4v) is 4.92. The summed E-state index contributed by atoms with van der Waals surface area (Å²) in [6, 6.07) is 11.5. The van der Waals surface area contributed by atoms with Crippen molar-refractivity contribution < 1.29 is 27.6 Å². The largest absolute Gasteiger partial charge is 0.416 e. The van der Waals surface area contributed by atoms with Crippen LogP contribution in [0.15, 0.2) is 65.9 Å². The smallest absolute Gasteiger partial charge is 0.353 e. The molecule has 39 heavy (non-hydrogen) atoms. The fourth-order valence-electron chi connectivity index (χ4n) is 4.92. The second-order valence-electron chi connectivity index (χ2n) is 9.84. The third-order valence-electron chi connectivity index (χ3n) is 6.95. The van der Waals surface area contributed by atoms with Crippen LogP contribution in [0.25, 0.3) is 0 Å². The lowest BCUT2D eigenvalue weighted by Gasteiger charge is -2.33. The number of nitrogens with zero attached hydrogens (tertiary/aromatic N) is 3. The Hall–Kier alpha value is -3.86. The highest BCUT2D eigenvalue weighted by atomic mass is 19.4. The molecule has 2 aliphatic rings. The van der Waals surface area contributed by atoms with Crippen molar-refractivity contribution in [3.8, 4) is 0 Å². The summed E-state index contributed by atoms with van der Waals surface area (Å²) >= 11 is 0. The van der Waals surface area contributed by atoms with Crippen LogP contribution < -0.4 is 10.6 Å². The fraction of sp³-hybridized carbons (Fsp3) is 0.393. The molecule has 208 valence electrons. The van der Waals surface area contributed by atoms with Crippen molar-refractivity contribution in [3.05, 3.63) is 82.6 Å². The molecule has 0 saturated heterocycles. The average Bonchev–Trinajstić information content (AvgIpc) is 3.23. The van der Waals surface area contributed by atoms with E-state index in [-0.39, 0.29) is 31.0 Å². The molecule has 2 atom stereocenters. The van der Waals surface area contributed by atoms with Gasteiger partial charge in [-0.25, -0.2) is 4.79 Å². The standard InChI is InChI=1S/C28H32F3N5O3/c1-4-35-22-17-36(21(16-18-8-6-5-7-9-18)25(37)32-14-15-34(2)3)26(38)23(22)24(33-27(35)39)19-10-12-20(13-11-19)28(29,30)31/h5-13,21,24H,4,14-17H2,1-3H3,(H,32,37)(H,33,39)/t21-,24+/m1/s1. The Morgan fingerprint density at radius 3 is 2.36 bits per heavy atom. The lowest BCUT2D eigenvalue weighted by atomic mass is 9.94. The van der Waals surface area contributed by atoms with Crippen molar-refractivity contribution in [3.63, 3.8) is 0 Å². The van der Waals surface area contributed by atoms with Crippen LogP contribution in [0.2, 0.25) is 0 Å². The first-order valence-electron chi connectivity index (χ1n) is 12.8. The molecule has 4 rings (SSSR count). The van der Waals surface area contributed by atoms with Gasteiger partial charge in [-0.05, 0) is 44.3 Å². The highest BCUT2D eigenvalue weighted by molar-refractivity contribution is 6.03. The summed E-state index contributed by atoms with van der Waals surface area (Å²) in [5, 5.41) is 5.69. The van der Waals surface area contributed by atoms with Crippen LogP contribution in [-0.4, -0.2) is 78.9 Å². The van der Waals surface area contributed by atoms with Crippen molar-refractivity contribution in [1.82, 2.24) is 25.3 Å². The van der Waals surface area contributed by atoms with Crippen molar-refractivity contribution in [2.75, 3.05) is 40.3 Å². The molecule has 0 aliphatic carbocycles. The van der Waals surface area contributed by atoms with E-state index in [0.29, 0.717) is 24.4 Å². The molecule has 11 heteroatoms. The van der Waals surface area contributed by atoms with E-state index < -0.39 is 35.8 Å². The van der Waals surface area contributed by atoms with Crippen LogP contribution in [0.4, 0.5) is 18.0 Å². The molecule has 0 spiro atoms. The highest BCUT2D eigenvalue weighted by Gasteiger charge is 2.47. The number of carbonyl (C=O) groups excluding carboxylic acids is 3. The van der Waals surface area contributed by atoms with E-state index >= 15 is 0 Å². The van der Waals surface area contributed by atoms with Gasteiger partial charge in [0.2, 0.25) is 5.91 Å². The highest BCUT2D eigenvalue weighted by Crippen LogP contribution is 2.38. The molecule has 2 N–H and O–H groups in total. The van der Waals surface area contributed by atoms with Gasteiger partial charge in [0.25, 0.3) is 5.91 Å². The molecule has 2 heterocycles. The van der Waals surface area contributed by atoms with E-state index in [4.69, 9.17) is 0 Å². The molecule has 0 saturated carbocycles. The zero-order valence-corrected chi connectivity index (χ0v) is 22.1. The first kappa shape index (κ1) is 28.2. The Balaban J connectivity index is 1.68. The predicted molar refractivity (Wildman–Crippen MR) is 139 cm³/mol. The lowest BCUT2D eigenvalue weighted by Crippen LogP contribution is -2.50. The zero-order chi connectivity index (χ0) is 28.3. The van der Waals surface area contributed by atoms with Crippen LogP contribution in [-0.2, 0) is 22.2 Å². The van der Waals surface area contributed by atoms with Gasteiger partial charge in [-0.2, -0.15) is 13.2 Å². The molecular formula is C28H32F3N5O3. The Morgan fingerprint density at radius 1 is 1.10 bits per heavy atom. The SMILES string of the molecule is CCN1C(=O)N[C@@H](c2ccc(C(F)(F)F)cc2)C2=C1CN([C@H](Cc1ccccc1)C(=O)NCCN(C)C)C2=O. The number of urea groups is 1. The minimum atomic E-state index is -4.51. The average molecular weight is 544 g/mol. The van der Waals surface area contributed by atoms with Crippen molar-refractivity contribution in [2.24, 2.45) is 0 Å². The third kappa shape index (κ3) is 6.08. The first-order chi connectivity index (χ1) is 18.5. The van der Waals surface area contributed by atoms with Crippen LogP contribution in [0.5, 0.6) is 0 Å². The number of alkyl halides is 3. The number of rotatable bonds is 9. The topological polar surface area (TPSA) is 85.0 Å². The summed E-state index contributed by atoms with van der Waals surface area (Å²) in [4.78, 5) is 45.2. The predicted octanol–water partition coefficient (Wildman–Crippen LogP) is 3.18. The van der Waals surface area contributed by atoms with Gasteiger partial charge in [0.05, 0.1) is 29.4 Å². The van der Waals surface area contributed by atoms with E-state index in [1.807, 2.05) is 49.3 Å². The molecule has 0 bridgehead atoms. The van der Waals surface area contributed by atoms with Gasteiger partial charge in [0, 0.05) is 26.1 Å². The maximum atomic E-state index is 14.0. The van der Waals surface area contributed by atoms with Gasteiger partial charge in [0.15, 0.2) is 0 Å². The Kier molecular flexibility index (Phi) is 8.29. The molecule has 2 aliphatic heterocycles. The Labute approximate surface area is 225 Å². The molecule has 4 amide bonds. The number of likely N-dealkylation sites (N-methyl/N-ethyl adjacent to an activating group) is 2. The van der Waals surface area contributed by atoms with Crippen LogP contribution in [0, 0.1) is 0 Å². The summed E-state index contributed by atoms with van der Waals surface area (Å²) in [6.45, 7) is 3.09. The molecule has 0 radical (unpaired) electrons. The summed E-state index contributed by atoms with van der Waals surface area (Å²) in [6.07, 6.45) is -4.25. The molecule has 2 aromatic rings. The zero-order valence-electron chi connectivity index (χ0n) is 22.1. The van der Waals surface area contributed by atoms with Gasteiger partial charge < -0.3 is 20.4 Å². The molecule has 2 aromatic carbocycles. The van der Waals surface area contributed by atoms with Gasteiger partial charge >= 0.3 is 12.2 Å². The van der Waals surface area contributed by atoms with Crippen molar-refractivity contribution >= 4 is 17.8 Å². The summed E-state index contributed by atoms with van der Waals surface area (Å²) in [5.41, 5.74) is 1.11. The first-order valence-corrected chi connectivity index (χ1v) is 12.8. The van der Waals surface area contributed by atoms with E-state index in [2.05, 4.69) is 10.6 Å². The maximum absolute atomic E-state index is 14.0. The van der Waals surface area contributed by atoms with E-state index in [0.717, 1.165) is 17.7 Å². The lowest BCUT2D eigenvalue weighted by molar-refractivity contribution is -0.137. The van der Waals surface area contributed by atoms with E-state index in [9.17, 15) is 27.6 Å². The van der Waals surface area contributed by atoms with Crippen LogP contribution in [0.1, 0.15) is 29.7 Å². The Morgan fingerprint density at radius 2 is 1.77 bits per heavy atom. The van der Waals surface area contributed by atoms with Gasteiger partial charge in [-0.15, -0.1) is 0 Å². The molecular weight excluding hydrogens is 511 g/mol. The molecule has 8 nitrogen and oxygen atoms in total. The number of nitrogens with one attached hydrogen (secondary N) is 2. The van der Waals surface area contributed by atoms with Crippen molar-refractivity contribution in [2.45, 2.75) is 31.6 Å². The normalized spacial score (nSPS) is 18.4. The van der Waals surface area contributed by atoms with Gasteiger partial charge in [-0.3, -0.25) is 14.5 Å². The minimum Gasteiger partial charge on any atom is -0.353 e. The molecule has 0 unspecified atom stereocenters. The number of hydrogen-bond donors (Lipinski definition) is 2. The number of halogens is 3. The van der Waals surface area contributed by atoms with E-state index in [1.54, 1.807) is 6.92 Å². The second-order valence-corrected chi connectivity index (χ2v) is 9.84. The summed E-state index contributed by atoms with van der Waals surface area (Å²) < 4.78 is 39.4. The van der Waals surface area contributed by atoms with E-state index in [1.165, 1.54) is 21.9 Å². The van der Waals surface area contributed by atoms with Crippen molar-refractivity contribution in [1.29, 1.82) is 0 Å². The Bertz CT molecular complexity index is 1250. The second kappa shape index (κ2) is 11.5. The van der Waals surface area contributed by atoms with Gasteiger partial charge in [-0.1, -0.05) is 42.5 Å². The quantitative estimate of drug-likeness (QED) is 0.509. The number of benzene rings is 2. The number of hydrogen-bond acceptors (Lipinski definition) is 4. The number of amides is 4. The minimum absolute atomic E-state index is 0.0329.